The number of carboxylic acids is 1. The lowest BCUT2D eigenvalue weighted by molar-refractivity contribution is -0.166. The molecule has 8 nitrogen and oxygen atoms in total. The van der Waals surface area contributed by atoms with Crippen molar-refractivity contribution in [3.8, 4) is 0 Å². The van der Waals surface area contributed by atoms with Crippen LogP contribution in [0, 0.1) is 21.7 Å². The Balaban J connectivity index is 0.000000215. The second kappa shape index (κ2) is 9.68. The standard InChI is InChI=1S/C16H26O5.C10H18O3/c1-15(2,12-8-20-12)9-16(3,4)14(17)21-11-7-19-10-5-6-18-13(10)11;1-9(2,7-5-13-7)6-10(3,4)8(11)12/h10-13H,5-9H2,1-4H3;7H,5-6H2,1-4H3,(H,11,12)/t10-,11-,12?,13?;/m1./s1. The van der Waals surface area contributed by atoms with E-state index in [2.05, 4.69) is 27.7 Å². The molecule has 3 unspecified atom stereocenters. The molecular weight excluding hydrogens is 440 g/mol. The number of carbonyl (C=O) groups is 2. The van der Waals surface area contributed by atoms with Crippen LogP contribution < -0.4 is 0 Å². The van der Waals surface area contributed by atoms with Crippen molar-refractivity contribution in [2.75, 3.05) is 26.4 Å². The molecule has 1 N–H and O–H groups in total. The summed E-state index contributed by atoms with van der Waals surface area (Å²) in [5, 5.41) is 8.97. The maximum Gasteiger partial charge on any atom is 0.311 e. The van der Waals surface area contributed by atoms with Gasteiger partial charge >= 0.3 is 11.9 Å². The van der Waals surface area contributed by atoms with Crippen molar-refractivity contribution in [3.63, 3.8) is 0 Å². The second-order valence-corrected chi connectivity index (χ2v) is 13.0. The van der Waals surface area contributed by atoms with Gasteiger partial charge in [0.2, 0.25) is 0 Å². The first-order chi connectivity index (χ1) is 15.6. The monoisotopic (exact) mass is 484 g/mol. The molecule has 0 spiro atoms. The topological polar surface area (TPSA) is 107 Å². The van der Waals surface area contributed by atoms with Crippen molar-refractivity contribution in [1.82, 2.24) is 0 Å². The van der Waals surface area contributed by atoms with Crippen LogP contribution >= 0.6 is 0 Å². The summed E-state index contributed by atoms with van der Waals surface area (Å²) in [4.78, 5) is 23.5. The minimum atomic E-state index is -0.735. The predicted octanol–water partition coefficient (Wildman–Crippen LogP) is 3.84. The number of fused-ring (bicyclic) bond motifs is 1. The number of epoxide rings is 2. The van der Waals surface area contributed by atoms with Crippen LogP contribution in [0.25, 0.3) is 0 Å². The van der Waals surface area contributed by atoms with E-state index in [9.17, 15) is 9.59 Å². The van der Waals surface area contributed by atoms with Crippen LogP contribution in [0.1, 0.15) is 74.7 Å². The fraction of sp³-hybridized carbons (Fsp3) is 0.923. The molecule has 4 saturated heterocycles. The van der Waals surface area contributed by atoms with Crippen LogP contribution in [0.4, 0.5) is 0 Å². The summed E-state index contributed by atoms with van der Waals surface area (Å²) < 4.78 is 27.6. The van der Waals surface area contributed by atoms with Gasteiger partial charge < -0.3 is 28.8 Å². The fourth-order valence-corrected chi connectivity index (χ4v) is 5.48. The summed E-state index contributed by atoms with van der Waals surface area (Å²) in [5.74, 6) is -0.901. The largest absolute Gasteiger partial charge is 0.481 e. The zero-order valence-corrected chi connectivity index (χ0v) is 22.1. The molecule has 34 heavy (non-hydrogen) atoms. The molecule has 4 rings (SSSR count). The van der Waals surface area contributed by atoms with Crippen LogP contribution in [0.3, 0.4) is 0 Å². The maximum absolute atomic E-state index is 12.6. The lowest BCUT2D eigenvalue weighted by atomic mass is 9.73. The van der Waals surface area contributed by atoms with Gasteiger partial charge in [-0.05, 0) is 57.8 Å². The maximum atomic E-state index is 12.6. The van der Waals surface area contributed by atoms with E-state index in [0.717, 1.165) is 26.1 Å². The molecular formula is C26H44O8. The quantitative estimate of drug-likeness (QED) is 0.389. The minimum absolute atomic E-state index is 0.0128. The first-order valence-electron chi connectivity index (χ1n) is 12.5. The Hall–Kier alpha value is -1.22. The Morgan fingerprint density at radius 3 is 1.76 bits per heavy atom. The number of carbonyl (C=O) groups excluding carboxylic acids is 1. The third-order valence-corrected chi connectivity index (χ3v) is 7.52. The third kappa shape index (κ3) is 6.71. The summed E-state index contributed by atoms with van der Waals surface area (Å²) >= 11 is 0. The molecule has 4 aliphatic heterocycles. The number of hydrogen-bond acceptors (Lipinski definition) is 7. The van der Waals surface area contributed by atoms with Gasteiger partial charge in [0.15, 0.2) is 6.10 Å². The Labute approximate surface area is 204 Å². The normalized spacial score (nSPS) is 30.8. The van der Waals surface area contributed by atoms with Crippen LogP contribution in [0.15, 0.2) is 0 Å². The van der Waals surface area contributed by atoms with Gasteiger partial charge in [0.25, 0.3) is 0 Å². The zero-order chi connectivity index (χ0) is 25.5. The summed E-state index contributed by atoms with van der Waals surface area (Å²) in [6.07, 6.45) is 2.57. The molecule has 196 valence electrons. The highest BCUT2D eigenvalue weighted by Gasteiger charge is 2.49. The highest BCUT2D eigenvalue weighted by atomic mass is 16.6. The smallest absolute Gasteiger partial charge is 0.311 e. The number of hydrogen-bond donors (Lipinski definition) is 1. The number of carboxylic acid groups (broad SMARTS) is 1. The first kappa shape index (κ1) is 27.4. The molecule has 4 fully saturated rings. The molecule has 0 radical (unpaired) electrons. The van der Waals surface area contributed by atoms with Gasteiger partial charge in [-0.25, -0.2) is 0 Å². The lowest BCUT2D eigenvalue weighted by Crippen LogP contribution is -2.39. The van der Waals surface area contributed by atoms with Gasteiger partial charge in [-0.1, -0.05) is 27.7 Å². The predicted molar refractivity (Wildman–Crippen MR) is 125 cm³/mol. The molecule has 0 saturated carbocycles. The molecule has 5 atom stereocenters. The highest BCUT2D eigenvalue weighted by molar-refractivity contribution is 5.76. The molecule has 0 aromatic rings. The molecule has 0 bridgehead atoms. The van der Waals surface area contributed by atoms with Gasteiger partial charge in [0.05, 0.1) is 49.0 Å². The average Bonchev–Trinajstić information content (AvgIpc) is 3.59. The Bertz CT molecular complexity index is 748. The van der Waals surface area contributed by atoms with Crippen LogP contribution in [-0.4, -0.2) is 74.0 Å². The molecule has 4 aliphatic rings. The molecule has 0 aromatic carbocycles. The highest BCUT2D eigenvalue weighted by Crippen LogP contribution is 2.43. The van der Waals surface area contributed by atoms with E-state index >= 15 is 0 Å². The summed E-state index contributed by atoms with van der Waals surface area (Å²) in [5.41, 5.74) is -1.23. The minimum Gasteiger partial charge on any atom is -0.481 e. The SMILES string of the molecule is CC(C)(CC(C)(C)C1CO1)C(=O)O.CC(C)(CC(C)(C)C1CO1)C(=O)O[C@@H]1CO[C@@H]2CCOC21. The van der Waals surface area contributed by atoms with Gasteiger partial charge in [0.1, 0.15) is 6.10 Å². The fourth-order valence-electron chi connectivity index (χ4n) is 5.48. The van der Waals surface area contributed by atoms with Crippen molar-refractivity contribution in [1.29, 1.82) is 0 Å². The van der Waals surface area contributed by atoms with E-state index in [1.165, 1.54) is 0 Å². The second-order valence-electron chi connectivity index (χ2n) is 13.0. The molecule has 0 aromatic heterocycles. The van der Waals surface area contributed by atoms with Crippen LogP contribution in [0.5, 0.6) is 0 Å². The van der Waals surface area contributed by atoms with E-state index in [1.54, 1.807) is 13.8 Å². The van der Waals surface area contributed by atoms with E-state index in [4.69, 9.17) is 28.8 Å². The number of esters is 1. The van der Waals surface area contributed by atoms with Crippen LogP contribution in [0.2, 0.25) is 0 Å². The third-order valence-electron chi connectivity index (χ3n) is 7.52. The van der Waals surface area contributed by atoms with E-state index < -0.39 is 16.8 Å². The zero-order valence-electron chi connectivity index (χ0n) is 22.1. The number of rotatable bonds is 9. The van der Waals surface area contributed by atoms with Gasteiger partial charge in [-0.3, -0.25) is 9.59 Å². The summed E-state index contributed by atoms with van der Waals surface area (Å²) in [6.45, 7) is 18.6. The summed E-state index contributed by atoms with van der Waals surface area (Å²) in [6, 6.07) is 0. The van der Waals surface area contributed by atoms with E-state index in [0.29, 0.717) is 19.6 Å². The number of aliphatic carboxylic acids is 1. The van der Waals surface area contributed by atoms with Gasteiger partial charge in [0, 0.05) is 6.61 Å². The van der Waals surface area contributed by atoms with Crippen molar-refractivity contribution >= 4 is 11.9 Å². The Morgan fingerprint density at radius 2 is 1.29 bits per heavy atom. The van der Waals surface area contributed by atoms with Crippen molar-refractivity contribution in [2.24, 2.45) is 21.7 Å². The summed E-state index contributed by atoms with van der Waals surface area (Å²) in [7, 11) is 0. The molecule has 0 aliphatic carbocycles. The van der Waals surface area contributed by atoms with Crippen molar-refractivity contribution < 1.29 is 38.4 Å². The van der Waals surface area contributed by atoms with Crippen molar-refractivity contribution in [2.45, 2.75) is 105 Å². The van der Waals surface area contributed by atoms with Crippen molar-refractivity contribution in [3.05, 3.63) is 0 Å². The van der Waals surface area contributed by atoms with E-state index in [-0.39, 0.29) is 47.3 Å². The lowest BCUT2D eigenvalue weighted by Gasteiger charge is -2.33. The first-order valence-corrected chi connectivity index (χ1v) is 12.5. The van der Waals surface area contributed by atoms with Gasteiger partial charge in [-0.15, -0.1) is 0 Å². The van der Waals surface area contributed by atoms with E-state index in [1.807, 2.05) is 13.8 Å². The van der Waals surface area contributed by atoms with Crippen LogP contribution in [-0.2, 0) is 33.3 Å². The van der Waals surface area contributed by atoms with Gasteiger partial charge in [-0.2, -0.15) is 0 Å². The average molecular weight is 485 g/mol. The molecule has 0 amide bonds. The Kier molecular flexibility index (Phi) is 7.79. The molecule has 8 heteroatoms. The number of ether oxygens (including phenoxy) is 5. The Morgan fingerprint density at radius 1 is 0.794 bits per heavy atom. The molecule has 4 heterocycles.